The highest BCUT2D eigenvalue weighted by Gasteiger charge is 2.40. The summed E-state index contributed by atoms with van der Waals surface area (Å²) in [6, 6.07) is 11.7. The Morgan fingerprint density at radius 2 is 1.83 bits per heavy atom. The highest BCUT2D eigenvalue weighted by molar-refractivity contribution is 7.92. The normalized spacial score (nSPS) is 22.7. The zero-order valence-electron chi connectivity index (χ0n) is 17.6. The second-order valence-corrected chi connectivity index (χ2v) is 10.4. The molecule has 0 spiro atoms. The standard InChI is InChI=1S/C23H28N2O4S/c1-15-4-6-18(23(26)24-21-13-16-5-7-17(21)12-16)14-22(15)25(2)30(27,28)20-10-8-19(29-3)9-11-20/h4,6,8-11,14,16-17,21H,5,7,12-13H2,1-3H3,(H,24,26)/t16-,17-,21-/m0/s1. The Morgan fingerprint density at radius 1 is 1.10 bits per heavy atom. The van der Waals surface area contributed by atoms with E-state index in [1.54, 1.807) is 30.3 Å². The van der Waals surface area contributed by atoms with E-state index in [2.05, 4.69) is 5.32 Å². The van der Waals surface area contributed by atoms with Crippen molar-refractivity contribution in [3.63, 3.8) is 0 Å². The second-order valence-electron chi connectivity index (χ2n) is 8.40. The molecule has 6 nitrogen and oxygen atoms in total. The predicted octanol–water partition coefficient (Wildman–Crippen LogP) is 3.75. The van der Waals surface area contributed by atoms with Gasteiger partial charge in [-0.3, -0.25) is 9.10 Å². The fraction of sp³-hybridized carbons (Fsp3) is 0.435. The molecule has 0 heterocycles. The van der Waals surface area contributed by atoms with Crippen molar-refractivity contribution in [3.05, 3.63) is 53.6 Å². The number of amides is 1. The molecule has 2 aliphatic carbocycles. The van der Waals surface area contributed by atoms with Gasteiger partial charge in [0.05, 0.1) is 17.7 Å². The lowest BCUT2D eigenvalue weighted by Gasteiger charge is -2.24. The molecular formula is C23H28N2O4S. The fourth-order valence-electron chi connectivity index (χ4n) is 4.80. The maximum absolute atomic E-state index is 13.1. The molecule has 0 saturated heterocycles. The Hall–Kier alpha value is -2.54. The Balaban J connectivity index is 1.56. The number of fused-ring (bicyclic) bond motifs is 2. The zero-order chi connectivity index (χ0) is 21.5. The molecule has 1 N–H and O–H groups in total. The van der Waals surface area contributed by atoms with Gasteiger partial charge in [-0.2, -0.15) is 0 Å². The van der Waals surface area contributed by atoms with E-state index in [1.165, 1.54) is 49.9 Å². The number of rotatable bonds is 6. The summed E-state index contributed by atoms with van der Waals surface area (Å²) in [5.41, 5.74) is 1.76. The summed E-state index contributed by atoms with van der Waals surface area (Å²) in [6.07, 6.45) is 4.74. The molecule has 2 aromatic carbocycles. The Morgan fingerprint density at radius 3 is 2.43 bits per heavy atom. The first-order valence-corrected chi connectivity index (χ1v) is 11.8. The van der Waals surface area contributed by atoms with Gasteiger partial charge in [-0.15, -0.1) is 0 Å². The molecule has 3 atom stereocenters. The van der Waals surface area contributed by atoms with E-state index in [0.717, 1.165) is 17.9 Å². The number of methoxy groups -OCH3 is 1. The molecular weight excluding hydrogens is 400 g/mol. The smallest absolute Gasteiger partial charge is 0.264 e. The van der Waals surface area contributed by atoms with Crippen molar-refractivity contribution in [2.45, 2.75) is 43.5 Å². The van der Waals surface area contributed by atoms with Crippen molar-refractivity contribution < 1.29 is 17.9 Å². The van der Waals surface area contributed by atoms with Crippen LogP contribution in [0, 0.1) is 18.8 Å². The number of ether oxygens (including phenoxy) is 1. The Kier molecular flexibility index (Phi) is 5.49. The lowest BCUT2D eigenvalue weighted by molar-refractivity contribution is 0.0923. The second kappa shape index (κ2) is 7.95. The number of nitrogens with zero attached hydrogens (tertiary/aromatic N) is 1. The molecule has 2 aromatic rings. The number of anilines is 1. The number of carbonyl (C=O) groups excluding carboxylic acids is 1. The van der Waals surface area contributed by atoms with Crippen LogP contribution in [0.1, 0.15) is 41.6 Å². The predicted molar refractivity (Wildman–Crippen MR) is 116 cm³/mol. The van der Waals surface area contributed by atoms with Crippen molar-refractivity contribution in [1.29, 1.82) is 0 Å². The van der Waals surface area contributed by atoms with Crippen molar-refractivity contribution in [3.8, 4) is 5.75 Å². The zero-order valence-corrected chi connectivity index (χ0v) is 18.4. The minimum absolute atomic E-state index is 0.135. The van der Waals surface area contributed by atoms with E-state index in [9.17, 15) is 13.2 Å². The molecule has 0 radical (unpaired) electrons. The lowest BCUT2D eigenvalue weighted by Crippen LogP contribution is -2.38. The van der Waals surface area contributed by atoms with Gasteiger partial charge in [0.15, 0.2) is 0 Å². The third-order valence-electron chi connectivity index (χ3n) is 6.58. The summed E-state index contributed by atoms with van der Waals surface area (Å²) < 4.78 is 32.6. The van der Waals surface area contributed by atoms with Crippen LogP contribution in [0.5, 0.6) is 5.75 Å². The highest BCUT2D eigenvalue weighted by Crippen LogP contribution is 2.44. The SMILES string of the molecule is COc1ccc(S(=O)(=O)N(C)c2cc(C(=O)N[C@H]3C[C@H]4CC[C@H]3C4)ccc2C)cc1. The van der Waals surface area contributed by atoms with Gasteiger partial charge in [0.2, 0.25) is 0 Å². The summed E-state index contributed by atoms with van der Waals surface area (Å²) in [5, 5.41) is 3.17. The van der Waals surface area contributed by atoms with Gasteiger partial charge < -0.3 is 10.1 Å². The van der Waals surface area contributed by atoms with E-state index < -0.39 is 10.0 Å². The van der Waals surface area contributed by atoms with Crippen molar-refractivity contribution >= 4 is 21.6 Å². The molecule has 7 heteroatoms. The van der Waals surface area contributed by atoms with Crippen LogP contribution in [-0.2, 0) is 10.0 Å². The van der Waals surface area contributed by atoms with Crippen LogP contribution >= 0.6 is 0 Å². The monoisotopic (exact) mass is 428 g/mol. The Labute approximate surface area is 178 Å². The minimum Gasteiger partial charge on any atom is -0.497 e. The highest BCUT2D eigenvalue weighted by atomic mass is 32.2. The molecule has 0 unspecified atom stereocenters. The number of sulfonamides is 1. The molecule has 30 heavy (non-hydrogen) atoms. The number of aryl methyl sites for hydroxylation is 1. The van der Waals surface area contributed by atoms with Gasteiger partial charge >= 0.3 is 0 Å². The van der Waals surface area contributed by atoms with Crippen molar-refractivity contribution in [2.75, 3.05) is 18.5 Å². The first-order valence-electron chi connectivity index (χ1n) is 10.3. The molecule has 2 aliphatic rings. The maximum Gasteiger partial charge on any atom is 0.264 e. The van der Waals surface area contributed by atoms with Crippen LogP contribution in [0.25, 0.3) is 0 Å². The van der Waals surface area contributed by atoms with Gasteiger partial charge in [0.1, 0.15) is 5.75 Å². The lowest BCUT2D eigenvalue weighted by atomic mass is 9.95. The number of hydrogen-bond donors (Lipinski definition) is 1. The van der Waals surface area contributed by atoms with Gasteiger partial charge in [-0.05, 0) is 80.0 Å². The summed E-state index contributed by atoms with van der Waals surface area (Å²) in [7, 11) is -0.718. The molecule has 4 rings (SSSR count). The van der Waals surface area contributed by atoms with Crippen molar-refractivity contribution in [1.82, 2.24) is 5.32 Å². The van der Waals surface area contributed by atoms with Crippen LogP contribution in [0.15, 0.2) is 47.4 Å². The average molecular weight is 429 g/mol. The number of nitrogens with one attached hydrogen (secondary N) is 1. The number of benzene rings is 2. The fourth-order valence-corrected chi connectivity index (χ4v) is 6.05. The molecule has 0 aromatic heterocycles. The van der Waals surface area contributed by atoms with Crippen LogP contribution in [0.3, 0.4) is 0 Å². The van der Waals surface area contributed by atoms with Crippen molar-refractivity contribution in [2.24, 2.45) is 11.8 Å². The largest absolute Gasteiger partial charge is 0.497 e. The molecule has 1 amide bonds. The van der Waals surface area contributed by atoms with Crippen LogP contribution < -0.4 is 14.4 Å². The Bertz CT molecular complexity index is 1050. The van der Waals surface area contributed by atoms with Gasteiger partial charge in [-0.25, -0.2) is 8.42 Å². The van der Waals surface area contributed by atoms with E-state index in [0.29, 0.717) is 22.9 Å². The van der Waals surface area contributed by atoms with Gasteiger partial charge in [-0.1, -0.05) is 12.5 Å². The van der Waals surface area contributed by atoms with E-state index in [1.807, 2.05) is 6.92 Å². The minimum atomic E-state index is -3.77. The first kappa shape index (κ1) is 20.7. The quantitative estimate of drug-likeness (QED) is 0.760. The molecule has 160 valence electrons. The molecule has 2 bridgehead atoms. The summed E-state index contributed by atoms with van der Waals surface area (Å²) in [5.74, 6) is 1.78. The van der Waals surface area contributed by atoms with E-state index in [-0.39, 0.29) is 16.8 Å². The number of carbonyl (C=O) groups is 1. The first-order chi connectivity index (χ1) is 14.3. The third kappa shape index (κ3) is 3.78. The van der Waals surface area contributed by atoms with Gasteiger partial charge in [0.25, 0.3) is 15.9 Å². The average Bonchev–Trinajstić information content (AvgIpc) is 3.36. The summed E-state index contributed by atoms with van der Waals surface area (Å²) in [4.78, 5) is 13.0. The molecule has 2 saturated carbocycles. The summed E-state index contributed by atoms with van der Waals surface area (Å²) in [6.45, 7) is 1.84. The van der Waals surface area contributed by atoms with Gasteiger partial charge in [0, 0.05) is 18.7 Å². The third-order valence-corrected chi connectivity index (χ3v) is 8.37. The topological polar surface area (TPSA) is 75.7 Å². The molecule has 2 fully saturated rings. The van der Waals surface area contributed by atoms with Crippen LogP contribution in [-0.4, -0.2) is 34.5 Å². The number of hydrogen-bond acceptors (Lipinski definition) is 4. The van der Waals surface area contributed by atoms with Crippen LogP contribution in [0.2, 0.25) is 0 Å². The van der Waals surface area contributed by atoms with E-state index >= 15 is 0 Å². The molecule has 0 aliphatic heterocycles. The van der Waals surface area contributed by atoms with E-state index in [4.69, 9.17) is 4.74 Å². The van der Waals surface area contributed by atoms with Crippen LogP contribution in [0.4, 0.5) is 5.69 Å². The maximum atomic E-state index is 13.1. The summed E-state index contributed by atoms with van der Waals surface area (Å²) >= 11 is 0.